The number of rotatable bonds is 3. The summed E-state index contributed by atoms with van der Waals surface area (Å²) in [6.07, 6.45) is 5.78. The van der Waals surface area contributed by atoms with Crippen LogP contribution in [0.15, 0.2) is 24.3 Å². The van der Waals surface area contributed by atoms with Crippen LogP contribution in [0.25, 0.3) is 0 Å². The Morgan fingerprint density at radius 1 is 1.23 bits per heavy atom. The van der Waals surface area contributed by atoms with Gasteiger partial charge in [0.25, 0.3) is 5.91 Å². The minimum absolute atomic E-state index is 0.110. The molecule has 0 saturated carbocycles. The van der Waals surface area contributed by atoms with E-state index in [1.165, 1.54) is 0 Å². The summed E-state index contributed by atoms with van der Waals surface area (Å²) in [5.41, 5.74) is 1.59. The molecule has 0 aliphatic carbocycles. The van der Waals surface area contributed by atoms with Crippen LogP contribution in [0.1, 0.15) is 54.4 Å². The van der Waals surface area contributed by atoms with Crippen LogP contribution in [-0.4, -0.2) is 59.5 Å². The molecule has 5 heteroatoms. The highest BCUT2D eigenvalue weighted by molar-refractivity contribution is 5.95. The Morgan fingerprint density at radius 3 is 2.85 bits per heavy atom. The second kappa shape index (κ2) is 7.03. The van der Waals surface area contributed by atoms with Gasteiger partial charge >= 0.3 is 0 Å². The van der Waals surface area contributed by atoms with E-state index in [9.17, 15) is 9.59 Å². The first kappa shape index (κ1) is 17.5. The molecule has 1 aromatic rings. The van der Waals surface area contributed by atoms with Crippen molar-refractivity contribution in [3.8, 4) is 0 Å². The maximum atomic E-state index is 12.9. The summed E-state index contributed by atoms with van der Waals surface area (Å²) in [5, 5.41) is 0. The molecule has 3 saturated heterocycles. The molecule has 3 aliphatic heterocycles. The molecule has 0 bridgehead atoms. The summed E-state index contributed by atoms with van der Waals surface area (Å²) in [7, 11) is 0. The van der Waals surface area contributed by atoms with Crippen LogP contribution in [0.4, 0.5) is 0 Å². The first-order chi connectivity index (χ1) is 12.6. The molecule has 4 rings (SSSR count). The van der Waals surface area contributed by atoms with E-state index in [1.54, 1.807) is 0 Å². The van der Waals surface area contributed by atoms with Gasteiger partial charge in [-0.1, -0.05) is 18.2 Å². The topological polar surface area (TPSA) is 49.9 Å². The third kappa shape index (κ3) is 3.37. The van der Waals surface area contributed by atoms with Crippen LogP contribution in [-0.2, 0) is 9.53 Å². The van der Waals surface area contributed by atoms with Gasteiger partial charge in [-0.25, -0.2) is 0 Å². The lowest BCUT2D eigenvalue weighted by molar-refractivity contribution is -0.141. The van der Waals surface area contributed by atoms with Gasteiger partial charge in [0.1, 0.15) is 0 Å². The molecule has 3 fully saturated rings. The summed E-state index contributed by atoms with van der Waals surface area (Å²) in [5.74, 6) is 0.372. The van der Waals surface area contributed by atoms with Crippen molar-refractivity contribution in [1.29, 1.82) is 0 Å². The van der Waals surface area contributed by atoms with E-state index in [1.807, 2.05) is 41.0 Å². The second-order valence-electron chi connectivity index (χ2n) is 8.05. The normalized spacial score (nSPS) is 29.0. The number of amides is 2. The molecule has 3 aliphatic rings. The molecule has 0 radical (unpaired) electrons. The van der Waals surface area contributed by atoms with Crippen LogP contribution in [0, 0.1) is 6.92 Å². The van der Waals surface area contributed by atoms with Crippen LogP contribution < -0.4 is 0 Å². The fraction of sp³-hybridized carbons (Fsp3) is 0.619. The van der Waals surface area contributed by atoms with Gasteiger partial charge in [-0.15, -0.1) is 0 Å². The highest BCUT2D eigenvalue weighted by Crippen LogP contribution is 2.37. The van der Waals surface area contributed by atoms with E-state index < -0.39 is 0 Å². The number of nitrogens with zero attached hydrogens (tertiary/aromatic N) is 2. The number of hydrogen-bond donors (Lipinski definition) is 0. The zero-order chi connectivity index (χ0) is 18.1. The highest BCUT2D eigenvalue weighted by Gasteiger charge is 2.45. The summed E-state index contributed by atoms with van der Waals surface area (Å²) >= 11 is 0. The molecule has 26 heavy (non-hydrogen) atoms. The van der Waals surface area contributed by atoms with Gasteiger partial charge in [-0.3, -0.25) is 9.59 Å². The number of aryl methyl sites for hydroxylation is 1. The largest absolute Gasteiger partial charge is 0.368 e. The Hall–Kier alpha value is -1.88. The number of carbonyl (C=O) groups excluding carboxylic acids is 2. The molecule has 1 spiro atoms. The molecule has 140 valence electrons. The number of benzene rings is 1. The van der Waals surface area contributed by atoms with E-state index in [-0.39, 0.29) is 23.5 Å². The third-order valence-electron chi connectivity index (χ3n) is 6.15. The highest BCUT2D eigenvalue weighted by atomic mass is 16.5. The Labute approximate surface area is 155 Å². The van der Waals surface area contributed by atoms with Crippen LogP contribution in [0.5, 0.6) is 0 Å². The third-order valence-corrected chi connectivity index (χ3v) is 6.15. The van der Waals surface area contributed by atoms with Crippen molar-refractivity contribution in [3.63, 3.8) is 0 Å². The fourth-order valence-electron chi connectivity index (χ4n) is 4.70. The van der Waals surface area contributed by atoms with Crippen molar-refractivity contribution >= 4 is 11.8 Å². The van der Waals surface area contributed by atoms with Gasteiger partial charge in [-0.05, 0) is 50.7 Å². The van der Waals surface area contributed by atoms with E-state index in [0.717, 1.165) is 56.3 Å². The van der Waals surface area contributed by atoms with Crippen molar-refractivity contribution < 1.29 is 14.3 Å². The average molecular weight is 356 g/mol. The zero-order valence-electron chi connectivity index (χ0n) is 15.6. The number of hydrogen-bond acceptors (Lipinski definition) is 3. The standard InChI is InChI=1S/C21H28N2O3/c1-16-6-2-3-8-18(16)20(25)23-13-11-21(15-23)10-4-7-17(26-21)14-22-12-5-9-19(22)24/h2-3,6,8,17H,4-5,7,9-15H2,1H3/t17-,21+/m1/s1. The quantitative estimate of drug-likeness (QED) is 0.837. The lowest BCUT2D eigenvalue weighted by Gasteiger charge is -2.40. The van der Waals surface area contributed by atoms with Gasteiger partial charge in [0.15, 0.2) is 0 Å². The first-order valence-electron chi connectivity index (χ1n) is 9.87. The Morgan fingerprint density at radius 2 is 2.08 bits per heavy atom. The minimum atomic E-state index is -0.218. The van der Waals surface area contributed by atoms with Crippen LogP contribution in [0.3, 0.4) is 0 Å². The predicted octanol–water partition coefficient (Wildman–Crippen LogP) is 2.77. The molecular formula is C21H28N2O3. The van der Waals surface area contributed by atoms with E-state index in [4.69, 9.17) is 4.74 Å². The van der Waals surface area contributed by atoms with Crippen molar-refractivity contribution in [2.24, 2.45) is 0 Å². The Kier molecular flexibility index (Phi) is 4.74. The minimum Gasteiger partial charge on any atom is -0.368 e. The van der Waals surface area contributed by atoms with E-state index >= 15 is 0 Å². The van der Waals surface area contributed by atoms with Crippen molar-refractivity contribution in [2.45, 2.75) is 57.2 Å². The van der Waals surface area contributed by atoms with Crippen molar-refractivity contribution in [2.75, 3.05) is 26.2 Å². The summed E-state index contributed by atoms with van der Waals surface area (Å²) in [6.45, 7) is 4.99. The monoisotopic (exact) mass is 356 g/mol. The summed E-state index contributed by atoms with van der Waals surface area (Å²) < 4.78 is 6.50. The summed E-state index contributed by atoms with van der Waals surface area (Å²) in [6, 6.07) is 7.78. The lowest BCUT2D eigenvalue weighted by Crippen LogP contribution is -2.47. The Bertz CT molecular complexity index is 704. The van der Waals surface area contributed by atoms with Crippen LogP contribution in [0.2, 0.25) is 0 Å². The van der Waals surface area contributed by atoms with E-state index in [2.05, 4.69) is 0 Å². The maximum absolute atomic E-state index is 12.9. The van der Waals surface area contributed by atoms with Crippen molar-refractivity contribution in [3.05, 3.63) is 35.4 Å². The molecule has 0 N–H and O–H groups in total. The van der Waals surface area contributed by atoms with Gasteiger partial charge in [0.05, 0.1) is 18.2 Å². The molecular weight excluding hydrogens is 328 g/mol. The Balaban J connectivity index is 1.41. The maximum Gasteiger partial charge on any atom is 0.254 e. The number of likely N-dealkylation sites (tertiary alicyclic amines) is 2. The lowest BCUT2D eigenvalue weighted by atomic mass is 9.90. The smallest absolute Gasteiger partial charge is 0.254 e. The molecule has 5 nitrogen and oxygen atoms in total. The fourth-order valence-corrected chi connectivity index (χ4v) is 4.70. The molecule has 0 unspecified atom stereocenters. The average Bonchev–Trinajstić information content (AvgIpc) is 3.22. The molecule has 0 aromatic heterocycles. The number of carbonyl (C=O) groups is 2. The van der Waals surface area contributed by atoms with Gasteiger partial charge in [0, 0.05) is 31.6 Å². The summed E-state index contributed by atoms with van der Waals surface area (Å²) in [4.78, 5) is 28.7. The first-order valence-corrected chi connectivity index (χ1v) is 9.87. The van der Waals surface area contributed by atoms with Gasteiger partial charge < -0.3 is 14.5 Å². The second-order valence-corrected chi connectivity index (χ2v) is 8.05. The predicted molar refractivity (Wildman–Crippen MR) is 99.0 cm³/mol. The van der Waals surface area contributed by atoms with E-state index in [0.29, 0.717) is 19.5 Å². The molecule has 2 amide bonds. The SMILES string of the molecule is Cc1ccccc1C(=O)N1CC[C@@]2(CCC[C@H](CN3CCCC3=O)O2)C1. The number of ether oxygens (including phenoxy) is 1. The molecule has 2 atom stereocenters. The zero-order valence-corrected chi connectivity index (χ0v) is 15.6. The molecule has 1 aromatic carbocycles. The molecule has 3 heterocycles. The van der Waals surface area contributed by atoms with Crippen LogP contribution >= 0.6 is 0 Å². The van der Waals surface area contributed by atoms with Gasteiger partial charge in [-0.2, -0.15) is 0 Å². The van der Waals surface area contributed by atoms with Gasteiger partial charge in [0.2, 0.25) is 5.91 Å². The van der Waals surface area contributed by atoms with Crippen molar-refractivity contribution in [1.82, 2.24) is 9.80 Å².